The second-order valence-corrected chi connectivity index (χ2v) is 7.75. The van der Waals surface area contributed by atoms with Crippen molar-refractivity contribution in [3.8, 4) is 11.3 Å². The zero-order valence-corrected chi connectivity index (χ0v) is 14.9. The average molecular weight is 304 g/mol. The van der Waals surface area contributed by atoms with Gasteiger partial charge in [-0.05, 0) is 47.4 Å². The molecule has 0 bridgehead atoms. The predicted molar refractivity (Wildman–Crippen MR) is 98.5 cm³/mol. The summed E-state index contributed by atoms with van der Waals surface area (Å²) in [6.45, 7) is 9.09. The van der Waals surface area contributed by atoms with Crippen LogP contribution in [0.15, 0.2) is 54.7 Å². The van der Waals surface area contributed by atoms with Gasteiger partial charge in [0.15, 0.2) is 6.20 Å². The summed E-state index contributed by atoms with van der Waals surface area (Å²) in [5.41, 5.74) is 5.68. The Morgan fingerprint density at radius 2 is 1.70 bits per heavy atom. The summed E-state index contributed by atoms with van der Waals surface area (Å²) < 4.78 is 2.24. The molecule has 0 saturated carbocycles. The van der Waals surface area contributed by atoms with E-state index in [4.69, 9.17) is 0 Å². The van der Waals surface area contributed by atoms with Crippen LogP contribution < -0.4 is 4.57 Å². The molecule has 1 heterocycles. The fourth-order valence-electron chi connectivity index (χ4n) is 3.30. The maximum Gasteiger partial charge on any atom is 0.220 e. The van der Waals surface area contributed by atoms with Crippen LogP contribution in [0.2, 0.25) is 0 Å². The van der Waals surface area contributed by atoms with Crippen LogP contribution in [0.4, 0.5) is 0 Å². The third-order valence-electron chi connectivity index (χ3n) is 4.34. The lowest BCUT2D eigenvalue weighted by Gasteiger charge is -2.19. The molecule has 0 saturated heterocycles. The van der Waals surface area contributed by atoms with Crippen LogP contribution in [0.5, 0.6) is 0 Å². The number of pyridine rings is 1. The van der Waals surface area contributed by atoms with Crippen molar-refractivity contribution in [2.45, 2.75) is 34.1 Å². The molecule has 0 atom stereocenters. The molecule has 0 spiro atoms. The first-order valence-electron chi connectivity index (χ1n) is 8.32. The summed E-state index contributed by atoms with van der Waals surface area (Å²) in [5, 5.41) is 2.61. The van der Waals surface area contributed by atoms with Crippen molar-refractivity contribution in [2.24, 2.45) is 12.5 Å². The van der Waals surface area contributed by atoms with Gasteiger partial charge in [0.1, 0.15) is 7.05 Å². The van der Waals surface area contributed by atoms with E-state index in [2.05, 4.69) is 94.0 Å². The summed E-state index contributed by atoms with van der Waals surface area (Å²) >= 11 is 0. The highest BCUT2D eigenvalue weighted by Gasteiger charge is 2.18. The number of aromatic nitrogens is 1. The molecule has 3 rings (SSSR count). The Balaban J connectivity index is 2.22. The first-order chi connectivity index (χ1) is 10.8. The number of nitrogens with zero attached hydrogens (tertiary/aromatic N) is 1. The van der Waals surface area contributed by atoms with Gasteiger partial charge in [-0.1, -0.05) is 51.1 Å². The van der Waals surface area contributed by atoms with Crippen LogP contribution >= 0.6 is 0 Å². The first kappa shape index (κ1) is 15.7. The zero-order valence-electron chi connectivity index (χ0n) is 14.9. The van der Waals surface area contributed by atoms with Crippen LogP contribution in [0.3, 0.4) is 0 Å². The Bertz CT molecular complexity index is 853. The topological polar surface area (TPSA) is 3.88 Å². The van der Waals surface area contributed by atoms with Gasteiger partial charge in [-0.3, -0.25) is 0 Å². The smallest absolute Gasteiger partial charge is 0.200 e. The number of aryl methyl sites for hydroxylation is 2. The zero-order chi connectivity index (χ0) is 16.6. The monoisotopic (exact) mass is 304 g/mol. The van der Waals surface area contributed by atoms with E-state index in [0.29, 0.717) is 5.41 Å². The molecule has 1 heteroatoms. The quantitative estimate of drug-likeness (QED) is 0.571. The molecule has 1 aromatic heterocycles. The summed E-state index contributed by atoms with van der Waals surface area (Å²) in [6, 6.07) is 17.7. The highest BCUT2D eigenvalue weighted by Crippen LogP contribution is 2.30. The van der Waals surface area contributed by atoms with E-state index < -0.39 is 0 Å². The summed E-state index contributed by atoms with van der Waals surface area (Å²) in [4.78, 5) is 0. The van der Waals surface area contributed by atoms with E-state index in [9.17, 15) is 0 Å². The molecule has 0 aliphatic carbocycles. The molecule has 118 valence electrons. The van der Waals surface area contributed by atoms with Crippen LogP contribution in [-0.2, 0) is 13.5 Å². The standard InChI is InChI=1S/C22H26N/c1-16-10-11-17(15-22(2,3)4)14-20(16)21-19-9-7-6-8-18(19)12-13-23(21)5/h6-14H,15H2,1-5H3/q+1. The highest BCUT2D eigenvalue weighted by atomic mass is 14.9. The first-order valence-corrected chi connectivity index (χ1v) is 8.32. The average Bonchev–Trinajstić information content (AvgIpc) is 2.48. The van der Waals surface area contributed by atoms with Gasteiger partial charge in [-0.2, -0.15) is 0 Å². The molecule has 23 heavy (non-hydrogen) atoms. The van der Waals surface area contributed by atoms with E-state index in [1.807, 2.05) is 0 Å². The SMILES string of the molecule is Cc1ccc(CC(C)(C)C)cc1-c1c2ccccc2cc[n+]1C. The van der Waals surface area contributed by atoms with Gasteiger partial charge in [0.2, 0.25) is 5.69 Å². The molecule has 2 aromatic carbocycles. The lowest BCUT2D eigenvalue weighted by molar-refractivity contribution is -0.659. The van der Waals surface area contributed by atoms with E-state index in [1.54, 1.807) is 0 Å². The van der Waals surface area contributed by atoms with Crippen molar-refractivity contribution >= 4 is 10.8 Å². The van der Waals surface area contributed by atoms with Gasteiger partial charge in [0, 0.05) is 11.6 Å². The summed E-state index contributed by atoms with van der Waals surface area (Å²) in [7, 11) is 2.14. The van der Waals surface area contributed by atoms with Gasteiger partial charge in [0.05, 0.1) is 5.39 Å². The van der Waals surface area contributed by atoms with Crippen molar-refractivity contribution in [1.82, 2.24) is 0 Å². The van der Waals surface area contributed by atoms with Crippen molar-refractivity contribution in [2.75, 3.05) is 0 Å². The third-order valence-corrected chi connectivity index (χ3v) is 4.34. The molecule has 0 unspecified atom stereocenters. The molecule has 3 aromatic rings. The van der Waals surface area contributed by atoms with Gasteiger partial charge < -0.3 is 0 Å². The van der Waals surface area contributed by atoms with Crippen molar-refractivity contribution in [3.05, 3.63) is 65.9 Å². The molecule has 0 aliphatic heterocycles. The van der Waals surface area contributed by atoms with Crippen molar-refractivity contribution in [1.29, 1.82) is 0 Å². The fraction of sp³-hybridized carbons (Fsp3) is 0.318. The van der Waals surface area contributed by atoms with E-state index in [0.717, 1.165) is 6.42 Å². The minimum Gasteiger partial charge on any atom is -0.200 e. The molecule has 0 radical (unpaired) electrons. The minimum atomic E-state index is 0.299. The molecule has 0 fully saturated rings. The normalized spacial score (nSPS) is 11.9. The van der Waals surface area contributed by atoms with Gasteiger partial charge in [-0.25, -0.2) is 4.57 Å². The van der Waals surface area contributed by atoms with Crippen LogP contribution in [0.25, 0.3) is 22.0 Å². The lowest BCUT2D eigenvalue weighted by Crippen LogP contribution is -2.30. The lowest BCUT2D eigenvalue weighted by atomic mass is 9.86. The second-order valence-electron chi connectivity index (χ2n) is 7.75. The Morgan fingerprint density at radius 1 is 0.957 bits per heavy atom. The van der Waals surface area contributed by atoms with Crippen LogP contribution in [0.1, 0.15) is 31.9 Å². The Labute approximate surface area is 139 Å². The van der Waals surface area contributed by atoms with Gasteiger partial charge in [-0.15, -0.1) is 0 Å². The third kappa shape index (κ3) is 3.29. The van der Waals surface area contributed by atoms with Crippen LogP contribution in [0, 0.1) is 12.3 Å². The number of fused-ring (bicyclic) bond motifs is 1. The second kappa shape index (κ2) is 5.81. The van der Waals surface area contributed by atoms with Crippen molar-refractivity contribution in [3.63, 3.8) is 0 Å². The minimum absolute atomic E-state index is 0.299. The molecule has 0 N–H and O–H groups in total. The molecule has 1 nitrogen and oxygen atoms in total. The van der Waals surface area contributed by atoms with Crippen LogP contribution in [-0.4, -0.2) is 0 Å². The molecular weight excluding hydrogens is 278 g/mol. The molecule has 0 aliphatic rings. The largest absolute Gasteiger partial charge is 0.220 e. The van der Waals surface area contributed by atoms with Crippen molar-refractivity contribution < 1.29 is 4.57 Å². The highest BCUT2D eigenvalue weighted by molar-refractivity contribution is 5.93. The van der Waals surface area contributed by atoms with Gasteiger partial charge >= 0.3 is 0 Å². The Hall–Kier alpha value is -2.15. The Kier molecular flexibility index (Phi) is 3.97. The fourth-order valence-corrected chi connectivity index (χ4v) is 3.30. The predicted octanol–water partition coefficient (Wildman–Crippen LogP) is 5.23. The number of rotatable bonds is 2. The number of hydrogen-bond donors (Lipinski definition) is 0. The maximum absolute atomic E-state index is 2.38. The molecule has 0 amide bonds. The molecular formula is C22H26N+. The summed E-state index contributed by atoms with van der Waals surface area (Å²) in [6.07, 6.45) is 3.25. The Morgan fingerprint density at radius 3 is 2.43 bits per heavy atom. The van der Waals surface area contributed by atoms with Gasteiger partial charge in [0.25, 0.3) is 0 Å². The summed E-state index contributed by atoms with van der Waals surface area (Å²) in [5.74, 6) is 0. The maximum atomic E-state index is 2.38. The number of benzene rings is 2. The number of hydrogen-bond acceptors (Lipinski definition) is 0. The van der Waals surface area contributed by atoms with E-state index >= 15 is 0 Å². The van der Waals surface area contributed by atoms with E-state index in [1.165, 1.54) is 33.2 Å². The van der Waals surface area contributed by atoms with E-state index in [-0.39, 0.29) is 0 Å².